The number of carbonyl (C=O) groups is 1. The summed E-state index contributed by atoms with van der Waals surface area (Å²) in [5.41, 5.74) is 1.79. The van der Waals surface area contributed by atoms with Gasteiger partial charge in [-0.15, -0.1) is 0 Å². The van der Waals surface area contributed by atoms with Crippen LogP contribution in [0.5, 0.6) is 5.75 Å². The molecule has 2 rings (SSSR count). The first kappa shape index (κ1) is 14.9. The lowest BCUT2D eigenvalue weighted by molar-refractivity contribution is 0.101. The summed E-state index contributed by atoms with van der Waals surface area (Å²) in [4.78, 5) is 14.5. The summed E-state index contributed by atoms with van der Waals surface area (Å²) >= 11 is 0. The molecule has 1 aliphatic rings. The summed E-state index contributed by atoms with van der Waals surface area (Å²) in [5, 5.41) is 0. The Morgan fingerprint density at radius 3 is 2.85 bits per heavy atom. The molecule has 0 spiro atoms. The molecule has 1 aliphatic heterocycles. The zero-order valence-electron chi connectivity index (χ0n) is 12.8. The Balaban J connectivity index is 2.41. The summed E-state index contributed by atoms with van der Waals surface area (Å²) in [6, 6.07) is 6.48. The van der Waals surface area contributed by atoms with Crippen LogP contribution in [0.2, 0.25) is 0 Å². The van der Waals surface area contributed by atoms with Crippen LogP contribution < -0.4 is 9.64 Å². The Hall–Kier alpha value is -1.51. The van der Waals surface area contributed by atoms with Gasteiger partial charge in [-0.1, -0.05) is 19.4 Å². The molecule has 1 fully saturated rings. The lowest BCUT2D eigenvalue weighted by Crippen LogP contribution is -2.40. The highest BCUT2D eigenvalue weighted by Gasteiger charge is 2.26. The first-order valence-electron chi connectivity index (χ1n) is 7.63. The molecule has 1 aromatic carbocycles. The largest absolute Gasteiger partial charge is 0.496 e. The second kappa shape index (κ2) is 6.78. The molecule has 0 saturated carbocycles. The van der Waals surface area contributed by atoms with E-state index in [1.54, 1.807) is 14.0 Å². The number of benzene rings is 1. The summed E-state index contributed by atoms with van der Waals surface area (Å²) in [5.74, 6) is 0.772. The Morgan fingerprint density at radius 2 is 2.20 bits per heavy atom. The van der Waals surface area contributed by atoms with Crippen LogP contribution in [-0.4, -0.2) is 25.5 Å². The highest BCUT2D eigenvalue weighted by atomic mass is 16.5. The maximum Gasteiger partial charge on any atom is 0.165 e. The molecule has 1 unspecified atom stereocenters. The molecule has 0 aliphatic carbocycles. The second-order valence-electron chi connectivity index (χ2n) is 5.54. The van der Waals surface area contributed by atoms with Gasteiger partial charge in [0.05, 0.1) is 18.4 Å². The molecule has 1 heterocycles. The monoisotopic (exact) mass is 275 g/mol. The third-order valence-corrected chi connectivity index (χ3v) is 4.13. The summed E-state index contributed by atoms with van der Waals surface area (Å²) < 4.78 is 5.39. The third-order valence-electron chi connectivity index (χ3n) is 4.13. The minimum absolute atomic E-state index is 0.0817. The Labute approximate surface area is 121 Å². The van der Waals surface area contributed by atoms with Crippen molar-refractivity contribution in [3.63, 3.8) is 0 Å². The summed E-state index contributed by atoms with van der Waals surface area (Å²) in [6.07, 6.45) is 6.09. The van der Waals surface area contributed by atoms with Crippen molar-refractivity contribution in [1.82, 2.24) is 0 Å². The van der Waals surface area contributed by atoms with Crippen molar-refractivity contribution in [3.05, 3.63) is 23.8 Å². The van der Waals surface area contributed by atoms with Crippen LogP contribution in [0.4, 0.5) is 5.69 Å². The zero-order chi connectivity index (χ0) is 14.5. The summed E-state index contributed by atoms with van der Waals surface area (Å²) in [6.45, 7) is 4.89. The molecular formula is C17H25NO2. The number of ketones is 1. The number of hydrogen-bond acceptors (Lipinski definition) is 3. The van der Waals surface area contributed by atoms with E-state index < -0.39 is 0 Å². The SMILES string of the molecule is CCCC1CCCCN1c1cccc(OC)c1C(C)=O. The minimum atomic E-state index is 0.0817. The average Bonchev–Trinajstić information content (AvgIpc) is 2.47. The molecular weight excluding hydrogens is 250 g/mol. The smallest absolute Gasteiger partial charge is 0.165 e. The fraction of sp³-hybridized carbons (Fsp3) is 0.588. The van der Waals surface area contributed by atoms with Crippen LogP contribution in [-0.2, 0) is 0 Å². The van der Waals surface area contributed by atoms with Crippen molar-refractivity contribution < 1.29 is 9.53 Å². The molecule has 3 heteroatoms. The van der Waals surface area contributed by atoms with Gasteiger partial charge in [-0.3, -0.25) is 4.79 Å². The topological polar surface area (TPSA) is 29.5 Å². The fourth-order valence-corrected chi connectivity index (χ4v) is 3.23. The van der Waals surface area contributed by atoms with E-state index >= 15 is 0 Å². The van der Waals surface area contributed by atoms with E-state index in [-0.39, 0.29) is 5.78 Å². The van der Waals surface area contributed by atoms with E-state index in [0.29, 0.717) is 11.8 Å². The minimum Gasteiger partial charge on any atom is -0.496 e. The van der Waals surface area contributed by atoms with E-state index in [1.807, 2.05) is 12.1 Å². The van der Waals surface area contributed by atoms with E-state index in [2.05, 4.69) is 17.9 Å². The predicted octanol–water partition coefficient (Wildman–Crippen LogP) is 4.06. The number of hydrogen-bond donors (Lipinski definition) is 0. The molecule has 0 radical (unpaired) electrons. The van der Waals surface area contributed by atoms with E-state index in [9.17, 15) is 4.79 Å². The Bertz CT molecular complexity index is 468. The van der Waals surface area contributed by atoms with Gasteiger partial charge < -0.3 is 9.64 Å². The van der Waals surface area contributed by atoms with Crippen molar-refractivity contribution in [2.75, 3.05) is 18.6 Å². The van der Waals surface area contributed by atoms with Crippen LogP contribution >= 0.6 is 0 Å². The average molecular weight is 275 g/mol. The van der Waals surface area contributed by atoms with Crippen LogP contribution in [0.3, 0.4) is 0 Å². The Kier molecular flexibility index (Phi) is 5.05. The Morgan fingerprint density at radius 1 is 1.40 bits per heavy atom. The highest BCUT2D eigenvalue weighted by Crippen LogP contribution is 2.34. The van der Waals surface area contributed by atoms with Gasteiger partial charge in [0.15, 0.2) is 5.78 Å². The van der Waals surface area contributed by atoms with Gasteiger partial charge in [0, 0.05) is 12.6 Å². The van der Waals surface area contributed by atoms with Gasteiger partial charge in [-0.25, -0.2) is 0 Å². The van der Waals surface area contributed by atoms with Gasteiger partial charge >= 0.3 is 0 Å². The van der Waals surface area contributed by atoms with Crippen LogP contribution in [0.1, 0.15) is 56.3 Å². The number of ether oxygens (including phenoxy) is 1. The lowest BCUT2D eigenvalue weighted by Gasteiger charge is -2.38. The van der Waals surface area contributed by atoms with Crippen molar-refractivity contribution in [1.29, 1.82) is 0 Å². The molecule has 1 saturated heterocycles. The number of rotatable bonds is 5. The number of anilines is 1. The highest BCUT2D eigenvalue weighted by molar-refractivity contribution is 6.02. The van der Waals surface area contributed by atoms with Gasteiger partial charge in [-0.2, -0.15) is 0 Å². The van der Waals surface area contributed by atoms with E-state index in [0.717, 1.165) is 17.8 Å². The standard InChI is InChI=1S/C17H25NO2/c1-4-8-14-9-5-6-12-18(14)15-10-7-11-16(20-3)17(15)13(2)19/h7,10-11,14H,4-6,8-9,12H2,1-3H3. The lowest BCUT2D eigenvalue weighted by atomic mass is 9.95. The van der Waals surface area contributed by atoms with Gasteiger partial charge in [-0.05, 0) is 44.7 Å². The zero-order valence-corrected chi connectivity index (χ0v) is 12.8. The quantitative estimate of drug-likeness (QED) is 0.759. The number of Topliss-reactive ketones (excluding diaryl/α,β-unsaturated/α-hetero) is 1. The third kappa shape index (κ3) is 2.97. The first-order valence-corrected chi connectivity index (χ1v) is 7.63. The number of carbonyl (C=O) groups excluding carboxylic acids is 1. The van der Waals surface area contributed by atoms with Crippen LogP contribution in [0, 0.1) is 0 Å². The molecule has 1 aromatic rings. The molecule has 0 bridgehead atoms. The van der Waals surface area contributed by atoms with Crippen molar-refractivity contribution in [2.45, 2.75) is 52.0 Å². The van der Waals surface area contributed by atoms with Gasteiger partial charge in [0.1, 0.15) is 5.75 Å². The van der Waals surface area contributed by atoms with Gasteiger partial charge in [0.2, 0.25) is 0 Å². The maximum atomic E-state index is 12.0. The molecule has 110 valence electrons. The van der Waals surface area contributed by atoms with Crippen molar-refractivity contribution >= 4 is 11.5 Å². The summed E-state index contributed by atoms with van der Waals surface area (Å²) in [7, 11) is 1.63. The van der Waals surface area contributed by atoms with E-state index in [4.69, 9.17) is 4.74 Å². The molecule has 0 N–H and O–H groups in total. The number of piperidine rings is 1. The number of methoxy groups -OCH3 is 1. The normalized spacial score (nSPS) is 18.9. The van der Waals surface area contributed by atoms with Crippen molar-refractivity contribution in [3.8, 4) is 5.75 Å². The molecule has 3 nitrogen and oxygen atoms in total. The van der Waals surface area contributed by atoms with Crippen LogP contribution in [0.25, 0.3) is 0 Å². The second-order valence-corrected chi connectivity index (χ2v) is 5.54. The van der Waals surface area contributed by atoms with Crippen molar-refractivity contribution in [2.24, 2.45) is 0 Å². The molecule has 0 aromatic heterocycles. The van der Waals surface area contributed by atoms with Crippen LogP contribution in [0.15, 0.2) is 18.2 Å². The predicted molar refractivity (Wildman–Crippen MR) is 82.9 cm³/mol. The maximum absolute atomic E-state index is 12.0. The first-order chi connectivity index (χ1) is 9.69. The molecule has 20 heavy (non-hydrogen) atoms. The fourth-order valence-electron chi connectivity index (χ4n) is 3.23. The molecule has 0 amide bonds. The number of nitrogens with zero attached hydrogens (tertiary/aromatic N) is 1. The van der Waals surface area contributed by atoms with Gasteiger partial charge in [0.25, 0.3) is 0 Å². The molecule has 1 atom stereocenters. The van der Waals surface area contributed by atoms with E-state index in [1.165, 1.54) is 32.1 Å².